The zero-order valence-electron chi connectivity index (χ0n) is 14.1. The normalized spacial score (nSPS) is 10.9. The summed E-state index contributed by atoms with van der Waals surface area (Å²) in [6.07, 6.45) is 0. The lowest BCUT2D eigenvalue weighted by Crippen LogP contribution is -2.23. The van der Waals surface area contributed by atoms with E-state index in [9.17, 15) is 9.18 Å². The molecule has 0 aliphatic carbocycles. The summed E-state index contributed by atoms with van der Waals surface area (Å²) < 4.78 is 18.9. The van der Waals surface area contributed by atoms with E-state index < -0.39 is 5.82 Å². The van der Waals surface area contributed by atoms with Crippen LogP contribution in [0.25, 0.3) is 10.2 Å². The number of nitrogens with two attached hydrogens (primary N) is 1. The lowest BCUT2D eigenvalue weighted by Gasteiger charge is -2.07. The molecule has 0 atom stereocenters. The van der Waals surface area contributed by atoms with Gasteiger partial charge in [-0.2, -0.15) is 0 Å². The van der Waals surface area contributed by atoms with E-state index >= 15 is 0 Å². The summed E-state index contributed by atoms with van der Waals surface area (Å²) in [5.41, 5.74) is 8.79. The molecule has 25 heavy (non-hydrogen) atoms. The first-order chi connectivity index (χ1) is 11.9. The van der Waals surface area contributed by atoms with Gasteiger partial charge in [0, 0.05) is 29.3 Å². The molecule has 0 aliphatic rings. The van der Waals surface area contributed by atoms with Gasteiger partial charge in [0.05, 0.1) is 12.8 Å². The van der Waals surface area contributed by atoms with Crippen LogP contribution in [0.5, 0.6) is 5.75 Å². The highest BCUT2D eigenvalue weighted by Crippen LogP contribution is 2.34. The number of amides is 1. The van der Waals surface area contributed by atoms with Gasteiger partial charge in [-0.1, -0.05) is 6.07 Å². The number of halogens is 1. The van der Waals surface area contributed by atoms with E-state index in [1.807, 2.05) is 19.9 Å². The Hall–Kier alpha value is -2.67. The van der Waals surface area contributed by atoms with Crippen molar-refractivity contribution < 1.29 is 13.9 Å². The fourth-order valence-corrected chi connectivity index (χ4v) is 3.82. The molecule has 2 heterocycles. The van der Waals surface area contributed by atoms with Crippen LogP contribution < -0.4 is 15.8 Å². The predicted molar refractivity (Wildman–Crippen MR) is 97.6 cm³/mol. The minimum atomic E-state index is -0.433. The number of methoxy groups -OCH3 is 1. The SMILES string of the molecule is COc1ccc(CNC(=O)c2sc3nc(C)cc(C)c3c2N)c(F)c1. The number of hydrogen-bond donors (Lipinski definition) is 2. The van der Waals surface area contributed by atoms with Crippen LogP contribution in [-0.2, 0) is 6.54 Å². The zero-order chi connectivity index (χ0) is 18.1. The summed E-state index contributed by atoms with van der Waals surface area (Å²) in [5, 5.41) is 3.51. The van der Waals surface area contributed by atoms with Gasteiger partial charge in [0.2, 0.25) is 0 Å². The third-order valence-corrected chi connectivity index (χ3v) is 5.03. The monoisotopic (exact) mass is 359 g/mol. The Morgan fingerprint density at radius 2 is 2.12 bits per heavy atom. The van der Waals surface area contributed by atoms with Crippen molar-refractivity contribution in [3.63, 3.8) is 0 Å². The molecule has 0 unspecified atom stereocenters. The number of anilines is 1. The molecule has 5 nitrogen and oxygen atoms in total. The maximum atomic E-state index is 14.0. The molecule has 2 aromatic heterocycles. The van der Waals surface area contributed by atoms with Gasteiger partial charge in [0.15, 0.2) is 0 Å². The van der Waals surface area contributed by atoms with Crippen molar-refractivity contribution in [3.05, 3.63) is 51.8 Å². The van der Waals surface area contributed by atoms with E-state index in [-0.39, 0.29) is 12.5 Å². The first-order valence-corrected chi connectivity index (χ1v) is 8.49. The molecule has 1 aromatic carbocycles. The molecule has 7 heteroatoms. The van der Waals surface area contributed by atoms with E-state index in [0.29, 0.717) is 21.9 Å². The molecule has 0 saturated carbocycles. The standard InChI is InChI=1S/C18H18FN3O2S/c1-9-6-10(2)22-18-14(9)15(20)16(25-18)17(23)21-8-11-4-5-12(24-3)7-13(11)19/h4-7H,8,20H2,1-3H3,(H,21,23). The number of rotatable bonds is 4. The zero-order valence-corrected chi connectivity index (χ0v) is 15.0. The van der Waals surface area contributed by atoms with Gasteiger partial charge in [-0.05, 0) is 31.5 Å². The van der Waals surface area contributed by atoms with Gasteiger partial charge in [0.25, 0.3) is 5.91 Å². The molecule has 130 valence electrons. The van der Waals surface area contributed by atoms with Gasteiger partial charge in [-0.25, -0.2) is 9.37 Å². The van der Waals surface area contributed by atoms with Crippen LogP contribution in [-0.4, -0.2) is 18.0 Å². The van der Waals surface area contributed by atoms with Crippen LogP contribution in [0.4, 0.5) is 10.1 Å². The predicted octanol–water partition coefficient (Wildman–Crippen LogP) is 3.57. The molecule has 0 saturated heterocycles. The Morgan fingerprint density at radius 3 is 2.80 bits per heavy atom. The fourth-order valence-electron chi connectivity index (χ4n) is 2.69. The van der Waals surface area contributed by atoms with E-state index in [1.54, 1.807) is 12.1 Å². The number of thiophene rings is 1. The van der Waals surface area contributed by atoms with Gasteiger partial charge in [0.1, 0.15) is 21.3 Å². The number of pyridine rings is 1. The molecule has 3 N–H and O–H groups in total. The smallest absolute Gasteiger partial charge is 0.263 e. The average molecular weight is 359 g/mol. The van der Waals surface area contributed by atoms with Crippen LogP contribution in [0.3, 0.4) is 0 Å². The second-order valence-electron chi connectivity index (χ2n) is 5.75. The van der Waals surface area contributed by atoms with Crippen molar-refractivity contribution in [1.82, 2.24) is 10.3 Å². The molecular formula is C18H18FN3O2S. The first-order valence-electron chi connectivity index (χ1n) is 7.67. The Kier molecular flexibility index (Phi) is 4.59. The Bertz CT molecular complexity index is 969. The highest BCUT2D eigenvalue weighted by Gasteiger charge is 2.19. The van der Waals surface area contributed by atoms with Crippen LogP contribution in [0.15, 0.2) is 24.3 Å². The molecule has 0 aliphatic heterocycles. The lowest BCUT2D eigenvalue weighted by atomic mass is 10.1. The lowest BCUT2D eigenvalue weighted by molar-refractivity contribution is 0.0955. The minimum Gasteiger partial charge on any atom is -0.497 e. The van der Waals surface area contributed by atoms with Crippen molar-refractivity contribution in [1.29, 1.82) is 0 Å². The molecule has 1 amide bonds. The number of nitrogen functional groups attached to an aromatic ring is 1. The van der Waals surface area contributed by atoms with E-state index in [4.69, 9.17) is 10.5 Å². The topological polar surface area (TPSA) is 77.2 Å². The van der Waals surface area contributed by atoms with Crippen LogP contribution in [0.1, 0.15) is 26.5 Å². The Labute approximate surface area is 148 Å². The number of aryl methyl sites for hydroxylation is 2. The third-order valence-electron chi connectivity index (χ3n) is 3.93. The molecule has 3 aromatic rings. The number of ether oxygens (including phenoxy) is 1. The Morgan fingerprint density at radius 1 is 1.36 bits per heavy atom. The summed E-state index contributed by atoms with van der Waals surface area (Å²) in [5.74, 6) is -0.344. The van der Waals surface area contributed by atoms with Crippen LogP contribution in [0, 0.1) is 19.7 Å². The van der Waals surface area contributed by atoms with Gasteiger partial charge >= 0.3 is 0 Å². The molecule has 0 radical (unpaired) electrons. The van der Waals surface area contributed by atoms with Crippen molar-refractivity contribution in [2.75, 3.05) is 12.8 Å². The minimum absolute atomic E-state index is 0.0633. The number of nitrogens with one attached hydrogen (secondary N) is 1. The van der Waals surface area contributed by atoms with E-state index in [0.717, 1.165) is 21.5 Å². The van der Waals surface area contributed by atoms with Crippen molar-refractivity contribution in [2.24, 2.45) is 0 Å². The second-order valence-corrected chi connectivity index (χ2v) is 6.74. The largest absolute Gasteiger partial charge is 0.497 e. The molecule has 0 bridgehead atoms. The highest BCUT2D eigenvalue weighted by molar-refractivity contribution is 7.21. The number of hydrogen-bond acceptors (Lipinski definition) is 5. The first kappa shape index (κ1) is 17.2. The average Bonchev–Trinajstić information content (AvgIpc) is 2.90. The van der Waals surface area contributed by atoms with Gasteiger partial charge < -0.3 is 15.8 Å². The summed E-state index contributed by atoms with van der Waals surface area (Å²) in [7, 11) is 1.47. The fraction of sp³-hybridized carbons (Fsp3) is 0.222. The molecule has 0 spiro atoms. The number of carbonyl (C=O) groups excluding carboxylic acids is 1. The summed E-state index contributed by atoms with van der Waals surface area (Å²) >= 11 is 1.24. The molecule has 0 fully saturated rings. The maximum absolute atomic E-state index is 14.0. The number of carbonyl (C=O) groups is 1. The third kappa shape index (κ3) is 3.28. The van der Waals surface area contributed by atoms with Gasteiger partial charge in [-0.15, -0.1) is 11.3 Å². The second kappa shape index (κ2) is 6.68. The number of fused-ring (bicyclic) bond motifs is 1. The quantitative estimate of drug-likeness (QED) is 0.746. The maximum Gasteiger partial charge on any atom is 0.263 e. The summed E-state index contributed by atoms with van der Waals surface area (Å²) in [6.45, 7) is 3.90. The van der Waals surface area contributed by atoms with Crippen molar-refractivity contribution in [3.8, 4) is 5.75 Å². The van der Waals surface area contributed by atoms with E-state index in [2.05, 4.69) is 10.3 Å². The van der Waals surface area contributed by atoms with Crippen molar-refractivity contribution >= 4 is 33.1 Å². The van der Waals surface area contributed by atoms with Crippen LogP contribution in [0.2, 0.25) is 0 Å². The summed E-state index contributed by atoms with van der Waals surface area (Å²) in [4.78, 5) is 18.0. The number of benzene rings is 1. The van der Waals surface area contributed by atoms with Crippen molar-refractivity contribution in [2.45, 2.75) is 20.4 Å². The van der Waals surface area contributed by atoms with Gasteiger partial charge in [-0.3, -0.25) is 4.79 Å². The Balaban J connectivity index is 1.83. The highest BCUT2D eigenvalue weighted by atomic mass is 32.1. The number of aromatic nitrogens is 1. The number of nitrogens with zero attached hydrogens (tertiary/aromatic N) is 1. The molecule has 3 rings (SSSR count). The van der Waals surface area contributed by atoms with E-state index in [1.165, 1.54) is 24.5 Å². The summed E-state index contributed by atoms with van der Waals surface area (Å²) in [6, 6.07) is 6.44. The molecular weight excluding hydrogens is 341 g/mol. The van der Waals surface area contributed by atoms with Crippen LogP contribution >= 0.6 is 11.3 Å².